The van der Waals surface area contributed by atoms with E-state index in [0.717, 1.165) is 0 Å². The first kappa shape index (κ1) is 17.3. The highest BCUT2D eigenvalue weighted by Crippen LogP contribution is 2.13. The Hall–Kier alpha value is -1.06. The zero-order valence-corrected chi connectivity index (χ0v) is 11.7. The van der Waals surface area contributed by atoms with Crippen molar-refractivity contribution >= 4 is 11.9 Å². The molecular weight excluding hydrogens is 206 g/mol. The third-order valence-electron chi connectivity index (χ3n) is 1.40. The van der Waals surface area contributed by atoms with Crippen LogP contribution >= 0.6 is 0 Å². The molecule has 4 nitrogen and oxygen atoms in total. The molecule has 1 amide bonds. The lowest BCUT2D eigenvalue weighted by molar-refractivity contribution is -0.163. The van der Waals surface area contributed by atoms with Gasteiger partial charge in [0, 0.05) is 6.92 Å². The molecule has 96 valence electrons. The molecule has 0 heterocycles. The van der Waals surface area contributed by atoms with Crippen molar-refractivity contribution in [2.75, 3.05) is 0 Å². The lowest BCUT2D eigenvalue weighted by Crippen LogP contribution is -2.51. The Balaban J connectivity index is 0. The van der Waals surface area contributed by atoms with E-state index in [0.29, 0.717) is 0 Å². The molecule has 0 aromatic rings. The summed E-state index contributed by atoms with van der Waals surface area (Å²) in [7, 11) is 0. The van der Waals surface area contributed by atoms with Gasteiger partial charge in [-0.25, -0.2) is 4.79 Å². The van der Waals surface area contributed by atoms with Crippen molar-refractivity contribution in [3.05, 3.63) is 0 Å². The van der Waals surface area contributed by atoms with Crippen LogP contribution in [0.3, 0.4) is 0 Å². The standard InChI is InChI=1S/C10H19NO3.C2H6/c1-7(12)11-10(5,6)8(13)14-9(2,3)4;1-2/h1-6H3,(H,11,12);1-2H3. The summed E-state index contributed by atoms with van der Waals surface area (Å²) in [5.41, 5.74) is -1.51. The maximum Gasteiger partial charge on any atom is 0.331 e. The lowest BCUT2D eigenvalue weighted by Gasteiger charge is -2.28. The molecule has 0 saturated carbocycles. The summed E-state index contributed by atoms with van der Waals surface area (Å²) in [6, 6.07) is 0. The van der Waals surface area contributed by atoms with Gasteiger partial charge in [0.05, 0.1) is 0 Å². The minimum absolute atomic E-state index is 0.249. The first-order chi connectivity index (χ1) is 7.04. The Morgan fingerprint density at radius 1 is 1.00 bits per heavy atom. The van der Waals surface area contributed by atoms with E-state index >= 15 is 0 Å². The molecule has 1 N–H and O–H groups in total. The Morgan fingerprint density at radius 3 is 1.62 bits per heavy atom. The molecule has 0 aliphatic carbocycles. The van der Waals surface area contributed by atoms with Gasteiger partial charge in [0.25, 0.3) is 0 Å². The van der Waals surface area contributed by atoms with Gasteiger partial charge in [-0.3, -0.25) is 4.79 Å². The van der Waals surface area contributed by atoms with Gasteiger partial charge < -0.3 is 10.1 Å². The summed E-state index contributed by atoms with van der Waals surface area (Å²) in [6.07, 6.45) is 0. The van der Waals surface area contributed by atoms with E-state index in [9.17, 15) is 9.59 Å². The molecule has 0 radical (unpaired) electrons. The third-order valence-corrected chi connectivity index (χ3v) is 1.40. The molecule has 0 saturated heterocycles. The fourth-order valence-corrected chi connectivity index (χ4v) is 0.897. The highest BCUT2D eigenvalue weighted by atomic mass is 16.6. The van der Waals surface area contributed by atoms with Crippen molar-refractivity contribution in [1.29, 1.82) is 0 Å². The maximum absolute atomic E-state index is 11.6. The van der Waals surface area contributed by atoms with E-state index in [4.69, 9.17) is 4.74 Å². The number of hydrogen-bond donors (Lipinski definition) is 1. The second-order valence-electron chi connectivity index (χ2n) is 4.81. The van der Waals surface area contributed by atoms with Crippen molar-refractivity contribution in [2.24, 2.45) is 0 Å². The number of rotatable bonds is 2. The van der Waals surface area contributed by atoms with Gasteiger partial charge in [0.2, 0.25) is 5.91 Å². The van der Waals surface area contributed by atoms with Crippen LogP contribution in [0.4, 0.5) is 0 Å². The number of esters is 1. The quantitative estimate of drug-likeness (QED) is 0.742. The van der Waals surface area contributed by atoms with Crippen LogP contribution in [0.1, 0.15) is 55.4 Å². The SMILES string of the molecule is CC.CC(=O)NC(C)(C)C(=O)OC(C)(C)C. The molecule has 0 atom stereocenters. The zero-order valence-electron chi connectivity index (χ0n) is 11.7. The van der Waals surface area contributed by atoms with Gasteiger partial charge in [-0.05, 0) is 34.6 Å². The molecule has 0 fully saturated rings. The van der Waals surface area contributed by atoms with Crippen molar-refractivity contribution in [3.63, 3.8) is 0 Å². The van der Waals surface area contributed by atoms with Crippen LogP contribution in [0.25, 0.3) is 0 Å². The summed E-state index contributed by atoms with van der Waals surface area (Å²) in [5, 5.41) is 2.53. The molecule has 16 heavy (non-hydrogen) atoms. The first-order valence-corrected chi connectivity index (χ1v) is 5.57. The van der Waals surface area contributed by atoms with Crippen LogP contribution in [0.2, 0.25) is 0 Å². The average molecular weight is 231 g/mol. The van der Waals surface area contributed by atoms with Gasteiger partial charge in [0.15, 0.2) is 0 Å². The van der Waals surface area contributed by atoms with Gasteiger partial charge in [-0.15, -0.1) is 0 Å². The van der Waals surface area contributed by atoms with Crippen LogP contribution in [-0.4, -0.2) is 23.0 Å². The van der Waals surface area contributed by atoms with Crippen LogP contribution in [-0.2, 0) is 14.3 Å². The second kappa shape index (κ2) is 6.51. The van der Waals surface area contributed by atoms with Crippen LogP contribution in [0.15, 0.2) is 0 Å². The minimum Gasteiger partial charge on any atom is -0.458 e. The summed E-state index contributed by atoms with van der Waals surface area (Å²) in [5.74, 6) is -0.680. The maximum atomic E-state index is 11.6. The van der Waals surface area contributed by atoms with E-state index in [-0.39, 0.29) is 5.91 Å². The average Bonchev–Trinajstić information content (AvgIpc) is 2.02. The second-order valence-corrected chi connectivity index (χ2v) is 4.81. The van der Waals surface area contributed by atoms with E-state index in [2.05, 4.69) is 5.32 Å². The van der Waals surface area contributed by atoms with Crippen molar-refractivity contribution in [2.45, 2.75) is 66.5 Å². The van der Waals surface area contributed by atoms with Crippen LogP contribution < -0.4 is 5.32 Å². The number of ether oxygens (including phenoxy) is 1. The Labute approximate surface area is 98.7 Å². The van der Waals surface area contributed by atoms with E-state index < -0.39 is 17.1 Å². The van der Waals surface area contributed by atoms with Gasteiger partial charge in [-0.2, -0.15) is 0 Å². The van der Waals surface area contributed by atoms with Gasteiger partial charge in [-0.1, -0.05) is 13.8 Å². The Morgan fingerprint density at radius 2 is 1.38 bits per heavy atom. The molecule has 0 rings (SSSR count). The summed E-state index contributed by atoms with van der Waals surface area (Å²) >= 11 is 0. The predicted octanol–water partition coefficient (Wildman–Crippen LogP) is 2.27. The van der Waals surface area contributed by atoms with E-state index in [1.54, 1.807) is 34.6 Å². The van der Waals surface area contributed by atoms with Crippen molar-refractivity contribution in [3.8, 4) is 0 Å². The predicted molar refractivity (Wildman–Crippen MR) is 65.1 cm³/mol. The molecule has 0 spiro atoms. The summed E-state index contributed by atoms with van der Waals surface area (Å²) < 4.78 is 5.15. The first-order valence-electron chi connectivity index (χ1n) is 5.57. The Bertz CT molecular complexity index is 239. The fourth-order valence-electron chi connectivity index (χ4n) is 0.897. The van der Waals surface area contributed by atoms with Gasteiger partial charge in [0.1, 0.15) is 11.1 Å². The molecule has 0 aromatic carbocycles. The lowest BCUT2D eigenvalue weighted by atomic mass is 10.1. The zero-order chi connectivity index (χ0) is 13.6. The summed E-state index contributed by atoms with van der Waals surface area (Å²) in [6.45, 7) is 14.0. The topological polar surface area (TPSA) is 55.4 Å². The molecule has 0 aliphatic heterocycles. The number of hydrogen-bond acceptors (Lipinski definition) is 3. The normalized spacial score (nSPS) is 11.0. The molecule has 0 aromatic heterocycles. The highest BCUT2D eigenvalue weighted by Gasteiger charge is 2.32. The molecule has 0 bridgehead atoms. The number of amides is 1. The Kier molecular flexibility index (Phi) is 7.05. The number of carbonyl (C=O) groups excluding carboxylic acids is 2. The highest BCUT2D eigenvalue weighted by molar-refractivity contribution is 5.86. The summed E-state index contributed by atoms with van der Waals surface area (Å²) in [4.78, 5) is 22.4. The molecule has 0 aliphatic rings. The smallest absolute Gasteiger partial charge is 0.331 e. The van der Waals surface area contributed by atoms with Crippen molar-refractivity contribution < 1.29 is 14.3 Å². The number of carbonyl (C=O) groups is 2. The molecular formula is C12H25NO3. The van der Waals surface area contributed by atoms with Crippen LogP contribution in [0, 0.1) is 0 Å². The van der Waals surface area contributed by atoms with E-state index in [1.165, 1.54) is 6.92 Å². The van der Waals surface area contributed by atoms with Crippen LogP contribution in [0.5, 0.6) is 0 Å². The van der Waals surface area contributed by atoms with Gasteiger partial charge >= 0.3 is 5.97 Å². The molecule has 0 unspecified atom stereocenters. The third kappa shape index (κ3) is 8.26. The van der Waals surface area contributed by atoms with E-state index in [1.807, 2.05) is 13.8 Å². The largest absolute Gasteiger partial charge is 0.458 e. The monoisotopic (exact) mass is 231 g/mol. The number of nitrogens with one attached hydrogen (secondary N) is 1. The minimum atomic E-state index is -0.973. The molecule has 4 heteroatoms. The fraction of sp³-hybridized carbons (Fsp3) is 0.833. The van der Waals surface area contributed by atoms with Crippen molar-refractivity contribution in [1.82, 2.24) is 5.32 Å².